The molecule has 0 spiro atoms. The Morgan fingerprint density at radius 2 is 2.26 bits per heavy atom. The maximum absolute atomic E-state index is 11.9. The van der Waals surface area contributed by atoms with Gasteiger partial charge in [0.2, 0.25) is 0 Å². The first-order valence-electron chi connectivity index (χ1n) is 6.81. The summed E-state index contributed by atoms with van der Waals surface area (Å²) in [5, 5.41) is 3.51. The molecule has 1 fully saturated rings. The van der Waals surface area contributed by atoms with E-state index in [1.54, 1.807) is 22.4 Å². The molecule has 100 valence electrons. The van der Waals surface area contributed by atoms with E-state index in [0.29, 0.717) is 6.04 Å². The average Bonchev–Trinajstić information content (AvgIpc) is 3.02. The molecule has 1 aromatic heterocycles. The number of aromatic nitrogens is 2. The molecular formula is C15H19N3O. The fourth-order valence-corrected chi connectivity index (χ4v) is 2.71. The van der Waals surface area contributed by atoms with Gasteiger partial charge in [-0.2, -0.15) is 0 Å². The third-order valence-electron chi connectivity index (χ3n) is 3.78. The van der Waals surface area contributed by atoms with Gasteiger partial charge in [-0.15, -0.1) is 0 Å². The normalized spacial score (nSPS) is 18.9. The van der Waals surface area contributed by atoms with Crippen LogP contribution in [0.5, 0.6) is 0 Å². The number of hydrogen-bond acceptors (Lipinski definition) is 2. The number of nitrogens with zero attached hydrogens (tertiary/aromatic N) is 2. The fourth-order valence-electron chi connectivity index (χ4n) is 2.71. The first-order chi connectivity index (χ1) is 9.24. The zero-order valence-corrected chi connectivity index (χ0v) is 11.2. The molecular weight excluding hydrogens is 238 g/mol. The van der Waals surface area contributed by atoms with Gasteiger partial charge in [-0.3, -0.25) is 4.57 Å². The SMILES string of the molecule is Cn1ccn(-c2cccc(CC3CCCN3)c2)c1=O. The molecule has 19 heavy (non-hydrogen) atoms. The second-order valence-corrected chi connectivity index (χ2v) is 5.23. The summed E-state index contributed by atoms with van der Waals surface area (Å²) in [5.41, 5.74) is 2.23. The summed E-state index contributed by atoms with van der Waals surface area (Å²) >= 11 is 0. The lowest BCUT2D eigenvalue weighted by Gasteiger charge is -2.11. The molecule has 2 heterocycles. The highest BCUT2D eigenvalue weighted by Gasteiger charge is 2.14. The van der Waals surface area contributed by atoms with E-state index in [0.717, 1.165) is 18.7 Å². The van der Waals surface area contributed by atoms with Crippen LogP contribution in [0.3, 0.4) is 0 Å². The molecule has 1 N–H and O–H groups in total. The Bertz CT molecular complexity index is 620. The summed E-state index contributed by atoms with van der Waals surface area (Å²) < 4.78 is 3.27. The van der Waals surface area contributed by atoms with Crippen LogP contribution in [0, 0.1) is 0 Å². The van der Waals surface area contributed by atoms with Gasteiger partial charge in [0, 0.05) is 25.5 Å². The number of benzene rings is 1. The lowest BCUT2D eigenvalue weighted by molar-refractivity contribution is 0.603. The standard InChI is InChI=1S/C15H19N3O/c1-17-8-9-18(15(17)19)14-6-2-4-12(11-14)10-13-5-3-7-16-13/h2,4,6,8-9,11,13,16H,3,5,7,10H2,1H3. The Balaban J connectivity index is 1.87. The van der Waals surface area contributed by atoms with Crippen LogP contribution in [0.15, 0.2) is 41.5 Å². The van der Waals surface area contributed by atoms with Crippen molar-refractivity contribution in [1.29, 1.82) is 0 Å². The van der Waals surface area contributed by atoms with E-state index in [9.17, 15) is 4.79 Å². The maximum atomic E-state index is 11.9. The van der Waals surface area contributed by atoms with Crippen LogP contribution in [-0.4, -0.2) is 21.7 Å². The van der Waals surface area contributed by atoms with Crippen LogP contribution in [0.25, 0.3) is 5.69 Å². The average molecular weight is 257 g/mol. The predicted octanol–water partition coefficient (Wildman–Crippen LogP) is 1.47. The monoisotopic (exact) mass is 257 g/mol. The van der Waals surface area contributed by atoms with E-state index in [1.807, 2.05) is 18.3 Å². The Hall–Kier alpha value is -1.81. The number of hydrogen-bond donors (Lipinski definition) is 1. The molecule has 3 rings (SSSR count). The van der Waals surface area contributed by atoms with Crippen molar-refractivity contribution in [1.82, 2.24) is 14.5 Å². The summed E-state index contributed by atoms with van der Waals surface area (Å²) in [6, 6.07) is 8.84. The summed E-state index contributed by atoms with van der Waals surface area (Å²) in [6.07, 6.45) is 7.15. The van der Waals surface area contributed by atoms with Crippen LogP contribution >= 0.6 is 0 Å². The molecule has 0 radical (unpaired) electrons. The lowest BCUT2D eigenvalue weighted by atomic mass is 10.0. The smallest absolute Gasteiger partial charge is 0.314 e. The van der Waals surface area contributed by atoms with Crippen molar-refractivity contribution in [3.8, 4) is 5.69 Å². The van der Waals surface area contributed by atoms with Gasteiger partial charge in [-0.25, -0.2) is 4.79 Å². The molecule has 0 aliphatic carbocycles. The van der Waals surface area contributed by atoms with E-state index in [2.05, 4.69) is 17.4 Å². The Morgan fingerprint density at radius 1 is 1.37 bits per heavy atom. The molecule has 0 bridgehead atoms. The summed E-state index contributed by atoms with van der Waals surface area (Å²) in [5.74, 6) is 0. The highest BCUT2D eigenvalue weighted by atomic mass is 16.1. The van der Waals surface area contributed by atoms with Gasteiger partial charge >= 0.3 is 5.69 Å². The minimum absolute atomic E-state index is 0.00357. The lowest BCUT2D eigenvalue weighted by Crippen LogP contribution is -2.24. The third kappa shape index (κ3) is 2.49. The van der Waals surface area contributed by atoms with Gasteiger partial charge in [-0.1, -0.05) is 12.1 Å². The van der Waals surface area contributed by atoms with Crippen LogP contribution in [0.2, 0.25) is 0 Å². The second-order valence-electron chi connectivity index (χ2n) is 5.23. The van der Waals surface area contributed by atoms with Crippen molar-refractivity contribution in [3.05, 3.63) is 52.7 Å². The minimum atomic E-state index is -0.00357. The molecule has 0 saturated carbocycles. The molecule has 1 aliphatic rings. The zero-order chi connectivity index (χ0) is 13.2. The van der Waals surface area contributed by atoms with Crippen molar-refractivity contribution in [3.63, 3.8) is 0 Å². The summed E-state index contributed by atoms with van der Waals surface area (Å²) in [4.78, 5) is 11.9. The van der Waals surface area contributed by atoms with E-state index in [1.165, 1.54) is 18.4 Å². The number of aryl methyl sites for hydroxylation is 1. The van der Waals surface area contributed by atoms with Crippen LogP contribution in [0.4, 0.5) is 0 Å². The quantitative estimate of drug-likeness (QED) is 0.904. The van der Waals surface area contributed by atoms with Crippen molar-refractivity contribution >= 4 is 0 Å². The van der Waals surface area contributed by atoms with E-state index in [-0.39, 0.29) is 5.69 Å². The van der Waals surface area contributed by atoms with Gasteiger partial charge in [0.15, 0.2) is 0 Å². The Morgan fingerprint density at radius 3 is 2.95 bits per heavy atom. The second kappa shape index (κ2) is 5.05. The predicted molar refractivity (Wildman–Crippen MR) is 75.7 cm³/mol. The van der Waals surface area contributed by atoms with Crippen molar-refractivity contribution in [2.75, 3.05) is 6.54 Å². The largest absolute Gasteiger partial charge is 0.332 e. The first kappa shape index (κ1) is 12.2. The van der Waals surface area contributed by atoms with Crippen LogP contribution in [0.1, 0.15) is 18.4 Å². The van der Waals surface area contributed by atoms with Crippen LogP contribution < -0.4 is 11.0 Å². The van der Waals surface area contributed by atoms with Gasteiger partial charge in [0.25, 0.3) is 0 Å². The zero-order valence-electron chi connectivity index (χ0n) is 11.2. The topological polar surface area (TPSA) is 39.0 Å². The van der Waals surface area contributed by atoms with Gasteiger partial charge in [0.05, 0.1) is 5.69 Å². The van der Waals surface area contributed by atoms with Crippen molar-refractivity contribution < 1.29 is 0 Å². The van der Waals surface area contributed by atoms with Crippen molar-refractivity contribution in [2.24, 2.45) is 7.05 Å². The van der Waals surface area contributed by atoms with Gasteiger partial charge in [-0.05, 0) is 43.5 Å². The molecule has 2 aromatic rings. The van der Waals surface area contributed by atoms with E-state index < -0.39 is 0 Å². The minimum Gasteiger partial charge on any atom is -0.314 e. The number of nitrogens with one attached hydrogen (secondary N) is 1. The molecule has 1 aliphatic heterocycles. The van der Waals surface area contributed by atoms with Gasteiger partial charge < -0.3 is 9.88 Å². The fraction of sp³-hybridized carbons (Fsp3) is 0.400. The highest BCUT2D eigenvalue weighted by Crippen LogP contribution is 2.15. The molecule has 1 unspecified atom stereocenters. The van der Waals surface area contributed by atoms with E-state index >= 15 is 0 Å². The highest BCUT2D eigenvalue weighted by molar-refractivity contribution is 5.36. The maximum Gasteiger partial charge on any atom is 0.332 e. The molecule has 1 atom stereocenters. The Kier molecular flexibility index (Phi) is 3.25. The number of rotatable bonds is 3. The molecule has 4 heteroatoms. The van der Waals surface area contributed by atoms with E-state index in [4.69, 9.17) is 0 Å². The van der Waals surface area contributed by atoms with Crippen molar-refractivity contribution in [2.45, 2.75) is 25.3 Å². The summed E-state index contributed by atoms with van der Waals surface area (Å²) in [6.45, 7) is 1.13. The van der Waals surface area contributed by atoms with Crippen LogP contribution in [-0.2, 0) is 13.5 Å². The Labute approximate surface area is 112 Å². The molecule has 1 aromatic carbocycles. The molecule has 0 amide bonds. The first-order valence-corrected chi connectivity index (χ1v) is 6.81. The summed E-state index contributed by atoms with van der Waals surface area (Å²) in [7, 11) is 1.77. The molecule has 4 nitrogen and oxygen atoms in total. The van der Waals surface area contributed by atoms with Gasteiger partial charge in [0.1, 0.15) is 0 Å². The number of imidazole rings is 1. The third-order valence-corrected chi connectivity index (χ3v) is 3.78. The molecule has 1 saturated heterocycles.